The summed E-state index contributed by atoms with van der Waals surface area (Å²) >= 11 is 4.28. The second-order valence-corrected chi connectivity index (χ2v) is 2.78. The van der Waals surface area contributed by atoms with E-state index in [4.69, 9.17) is 5.26 Å². The Hall–Kier alpha value is 0.0600. The van der Waals surface area contributed by atoms with E-state index in [2.05, 4.69) is 22.5 Å². The van der Waals surface area contributed by atoms with Crippen LogP contribution < -0.4 is 0 Å². The molecule has 0 spiro atoms. The normalized spacial score (nSPS) is 7.43. The maximum absolute atomic E-state index is 7.97. The van der Waals surface area contributed by atoms with Gasteiger partial charge in [-0.2, -0.15) is 5.26 Å². The molecule has 0 aromatic rings. The summed E-state index contributed by atoms with van der Waals surface area (Å²) in [7, 11) is 0. The number of thioether (sulfide) groups is 1. The van der Waals surface area contributed by atoms with Crippen LogP contribution in [-0.4, -0.2) is 5.75 Å². The lowest BCUT2D eigenvalue weighted by atomic mass is 10.8. The molecule has 0 heterocycles. The van der Waals surface area contributed by atoms with Crippen LogP contribution in [0.1, 0.15) is 0 Å². The number of nitrogens with zero attached hydrogens (tertiary/aromatic N) is 1. The minimum Gasteiger partial charge on any atom is -0.185 e. The highest BCUT2D eigenvalue weighted by molar-refractivity contribution is 9.11. The highest BCUT2D eigenvalue weighted by Crippen LogP contribution is 2.08. The van der Waals surface area contributed by atoms with Crippen molar-refractivity contribution in [2.45, 2.75) is 0 Å². The average Bonchev–Trinajstić information content (AvgIpc) is 1.61. The molecule has 0 saturated carbocycles. The zero-order chi connectivity index (χ0) is 5.70. The summed E-state index contributed by atoms with van der Waals surface area (Å²) < 4.78 is 0.860. The second kappa shape index (κ2) is 4.23. The van der Waals surface area contributed by atoms with Gasteiger partial charge in [-0.15, -0.1) is 0 Å². The van der Waals surface area contributed by atoms with Crippen molar-refractivity contribution in [3.63, 3.8) is 0 Å². The molecule has 3 heteroatoms. The number of hydrogen-bond donors (Lipinski definition) is 0. The van der Waals surface area contributed by atoms with E-state index in [1.807, 2.05) is 5.40 Å². The van der Waals surface area contributed by atoms with Crippen molar-refractivity contribution in [1.29, 1.82) is 5.26 Å². The number of hydrogen-bond acceptors (Lipinski definition) is 2. The summed E-state index contributed by atoms with van der Waals surface area (Å²) in [6.45, 7) is 3.54. The standard InChI is InChI=1S/C4H4BrNS/c1-4(5)2-7-3-6/h1-2H2. The summed E-state index contributed by atoms with van der Waals surface area (Å²) in [5.41, 5.74) is 0. The van der Waals surface area contributed by atoms with Crippen LogP contribution in [0.25, 0.3) is 0 Å². The van der Waals surface area contributed by atoms with E-state index < -0.39 is 0 Å². The van der Waals surface area contributed by atoms with Gasteiger partial charge in [0.15, 0.2) is 0 Å². The number of halogens is 1. The summed E-state index contributed by atoms with van der Waals surface area (Å²) in [5, 5.41) is 9.89. The molecule has 1 nitrogen and oxygen atoms in total. The summed E-state index contributed by atoms with van der Waals surface area (Å²) in [4.78, 5) is 0. The molecule has 0 aliphatic carbocycles. The molecule has 0 aliphatic heterocycles. The predicted molar refractivity (Wildman–Crippen MR) is 36.1 cm³/mol. The van der Waals surface area contributed by atoms with Crippen LogP contribution in [0.15, 0.2) is 11.1 Å². The summed E-state index contributed by atoms with van der Waals surface area (Å²) in [5.74, 6) is 0.677. The van der Waals surface area contributed by atoms with Crippen molar-refractivity contribution in [2.24, 2.45) is 0 Å². The quantitative estimate of drug-likeness (QED) is 0.604. The van der Waals surface area contributed by atoms with E-state index in [1.165, 1.54) is 11.8 Å². The molecule has 7 heavy (non-hydrogen) atoms. The number of rotatable bonds is 2. The van der Waals surface area contributed by atoms with Crippen molar-refractivity contribution in [1.82, 2.24) is 0 Å². The van der Waals surface area contributed by atoms with Crippen LogP contribution in [0.3, 0.4) is 0 Å². The van der Waals surface area contributed by atoms with Crippen LogP contribution in [0, 0.1) is 10.7 Å². The van der Waals surface area contributed by atoms with E-state index in [0.717, 1.165) is 4.48 Å². The topological polar surface area (TPSA) is 23.8 Å². The molecule has 0 unspecified atom stereocenters. The first-order chi connectivity index (χ1) is 3.27. The van der Waals surface area contributed by atoms with Crippen molar-refractivity contribution >= 4 is 27.7 Å². The van der Waals surface area contributed by atoms with Crippen LogP contribution in [0.5, 0.6) is 0 Å². The second-order valence-electron chi connectivity index (χ2n) is 0.897. The maximum atomic E-state index is 7.97. The molecule has 0 amide bonds. The molecular formula is C4H4BrNS. The Bertz CT molecular complexity index is 105. The fraction of sp³-hybridized carbons (Fsp3) is 0.250. The van der Waals surface area contributed by atoms with Crippen molar-refractivity contribution in [3.05, 3.63) is 11.1 Å². The maximum Gasteiger partial charge on any atom is 0.133 e. The zero-order valence-corrected chi connectivity index (χ0v) is 6.05. The lowest BCUT2D eigenvalue weighted by Gasteiger charge is -1.82. The first kappa shape index (κ1) is 7.06. The Morgan fingerprint density at radius 2 is 2.57 bits per heavy atom. The van der Waals surface area contributed by atoms with Crippen LogP contribution in [0.2, 0.25) is 0 Å². The van der Waals surface area contributed by atoms with Gasteiger partial charge in [0.05, 0.1) is 0 Å². The van der Waals surface area contributed by atoms with E-state index in [1.54, 1.807) is 0 Å². The smallest absolute Gasteiger partial charge is 0.133 e. The van der Waals surface area contributed by atoms with Crippen LogP contribution >= 0.6 is 27.7 Å². The van der Waals surface area contributed by atoms with Crippen molar-refractivity contribution < 1.29 is 0 Å². The molecule has 0 bridgehead atoms. The molecule has 0 N–H and O–H groups in total. The molecular weight excluding hydrogens is 174 g/mol. The SMILES string of the molecule is C=C(Br)CSC#N. The minimum absolute atomic E-state index is 0.677. The zero-order valence-electron chi connectivity index (χ0n) is 3.65. The molecule has 0 aliphatic rings. The van der Waals surface area contributed by atoms with Gasteiger partial charge in [0.1, 0.15) is 5.40 Å². The molecule has 38 valence electrons. The van der Waals surface area contributed by atoms with Gasteiger partial charge in [-0.05, 0) is 16.2 Å². The number of thiocyanates is 1. The Kier molecular flexibility index (Phi) is 4.26. The Morgan fingerprint density at radius 1 is 2.00 bits per heavy atom. The molecule has 0 fully saturated rings. The first-order valence-electron chi connectivity index (χ1n) is 1.61. The molecule has 0 saturated heterocycles. The van der Waals surface area contributed by atoms with Crippen molar-refractivity contribution in [3.8, 4) is 5.40 Å². The van der Waals surface area contributed by atoms with Gasteiger partial charge in [-0.1, -0.05) is 22.5 Å². The summed E-state index contributed by atoms with van der Waals surface area (Å²) in [6.07, 6.45) is 0. The monoisotopic (exact) mass is 177 g/mol. The fourth-order valence-corrected chi connectivity index (χ4v) is 0.675. The van der Waals surface area contributed by atoms with Gasteiger partial charge in [-0.3, -0.25) is 0 Å². The lowest BCUT2D eigenvalue weighted by Crippen LogP contribution is -1.67. The third-order valence-electron chi connectivity index (χ3n) is 0.293. The van der Waals surface area contributed by atoms with Crippen LogP contribution in [-0.2, 0) is 0 Å². The largest absolute Gasteiger partial charge is 0.185 e. The molecule has 0 rings (SSSR count). The van der Waals surface area contributed by atoms with E-state index >= 15 is 0 Å². The van der Waals surface area contributed by atoms with Crippen molar-refractivity contribution in [2.75, 3.05) is 5.75 Å². The lowest BCUT2D eigenvalue weighted by molar-refractivity contribution is 1.57. The molecule has 0 aromatic heterocycles. The molecule has 0 aromatic carbocycles. The summed E-state index contributed by atoms with van der Waals surface area (Å²) in [6, 6.07) is 0. The predicted octanol–water partition coefficient (Wildman–Crippen LogP) is 2.11. The van der Waals surface area contributed by atoms with E-state index in [0.29, 0.717) is 5.75 Å². The number of nitriles is 1. The van der Waals surface area contributed by atoms with Gasteiger partial charge in [-0.25, -0.2) is 0 Å². The highest BCUT2D eigenvalue weighted by Gasteiger charge is 1.83. The van der Waals surface area contributed by atoms with Crippen LogP contribution in [0.4, 0.5) is 0 Å². The van der Waals surface area contributed by atoms with Gasteiger partial charge in [0.25, 0.3) is 0 Å². The van der Waals surface area contributed by atoms with E-state index in [9.17, 15) is 0 Å². The molecule has 0 radical (unpaired) electrons. The third kappa shape index (κ3) is 6.06. The van der Waals surface area contributed by atoms with Gasteiger partial charge in [0.2, 0.25) is 0 Å². The highest BCUT2D eigenvalue weighted by atomic mass is 79.9. The fourth-order valence-electron chi connectivity index (χ4n) is 0.111. The van der Waals surface area contributed by atoms with Gasteiger partial charge in [0, 0.05) is 5.75 Å². The first-order valence-corrected chi connectivity index (χ1v) is 3.39. The van der Waals surface area contributed by atoms with Gasteiger partial charge < -0.3 is 0 Å². The van der Waals surface area contributed by atoms with E-state index in [-0.39, 0.29) is 0 Å². The average molecular weight is 178 g/mol. The Balaban J connectivity index is 3.02. The Morgan fingerprint density at radius 3 is 2.71 bits per heavy atom. The third-order valence-corrected chi connectivity index (χ3v) is 1.57. The molecule has 0 atom stereocenters. The van der Waals surface area contributed by atoms with Gasteiger partial charge >= 0.3 is 0 Å². The Labute approximate surface area is 55.5 Å². The minimum atomic E-state index is 0.677.